The molecule has 0 aliphatic rings. The van der Waals surface area contributed by atoms with Gasteiger partial charge in [-0.3, -0.25) is 0 Å². The van der Waals surface area contributed by atoms with E-state index in [1.165, 1.54) is 0 Å². The molecule has 0 aliphatic carbocycles. The molecule has 0 saturated heterocycles. The zero-order chi connectivity index (χ0) is 15.1. The van der Waals surface area contributed by atoms with Gasteiger partial charge in [0.05, 0.1) is 12.2 Å². The molecule has 21 heavy (non-hydrogen) atoms. The Morgan fingerprint density at radius 2 is 1.57 bits per heavy atom. The van der Waals surface area contributed by atoms with E-state index in [1.54, 1.807) is 48.5 Å². The highest BCUT2D eigenvalue weighted by Gasteiger charge is 2.16. The number of ether oxygens (including phenoxy) is 2. The van der Waals surface area contributed by atoms with E-state index >= 15 is 0 Å². The highest BCUT2D eigenvalue weighted by molar-refractivity contribution is 5.96. The van der Waals surface area contributed by atoms with E-state index in [0.717, 1.165) is 6.42 Å². The molecule has 0 radical (unpaired) electrons. The molecule has 0 fully saturated rings. The van der Waals surface area contributed by atoms with Crippen molar-refractivity contribution in [2.75, 3.05) is 6.61 Å². The van der Waals surface area contributed by atoms with Crippen LogP contribution in [-0.4, -0.2) is 18.5 Å². The van der Waals surface area contributed by atoms with Crippen LogP contribution in [0.1, 0.15) is 34.1 Å². The van der Waals surface area contributed by atoms with Crippen molar-refractivity contribution in [1.29, 1.82) is 0 Å². The van der Waals surface area contributed by atoms with Gasteiger partial charge in [-0.25, -0.2) is 9.59 Å². The van der Waals surface area contributed by atoms with Gasteiger partial charge < -0.3 is 9.47 Å². The topological polar surface area (TPSA) is 52.6 Å². The summed E-state index contributed by atoms with van der Waals surface area (Å²) in [5, 5.41) is 0. The first-order chi connectivity index (χ1) is 10.2. The Hall–Kier alpha value is -2.62. The Balaban J connectivity index is 2.17. The van der Waals surface area contributed by atoms with Crippen LogP contribution in [0.5, 0.6) is 5.75 Å². The molecule has 4 heteroatoms. The van der Waals surface area contributed by atoms with E-state index in [2.05, 4.69) is 0 Å². The summed E-state index contributed by atoms with van der Waals surface area (Å²) in [6.07, 6.45) is 0.734. The SMILES string of the molecule is CCCOC(=O)c1ccccc1OC(=O)c1ccccc1. The van der Waals surface area contributed by atoms with Crippen molar-refractivity contribution in [2.45, 2.75) is 13.3 Å². The van der Waals surface area contributed by atoms with Gasteiger partial charge in [0.1, 0.15) is 11.3 Å². The number of hydrogen-bond donors (Lipinski definition) is 0. The van der Waals surface area contributed by atoms with Gasteiger partial charge in [-0.1, -0.05) is 37.3 Å². The second-order valence-corrected chi connectivity index (χ2v) is 4.39. The van der Waals surface area contributed by atoms with Crippen LogP contribution in [0.2, 0.25) is 0 Å². The molecule has 0 amide bonds. The molecule has 4 nitrogen and oxygen atoms in total. The molecule has 0 unspecified atom stereocenters. The van der Waals surface area contributed by atoms with Crippen LogP contribution in [0.4, 0.5) is 0 Å². The molecular formula is C17H16O4. The van der Waals surface area contributed by atoms with E-state index in [9.17, 15) is 9.59 Å². The molecule has 0 bridgehead atoms. The Morgan fingerprint density at radius 3 is 2.29 bits per heavy atom. The first kappa shape index (κ1) is 14.8. The largest absolute Gasteiger partial charge is 0.462 e. The third-order valence-electron chi connectivity index (χ3n) is 2.76. The quantitative estimate of drug-likeness (QED) is 0.623. The fraction of sp³-hybridized carbons (Fsp3) is 0.176. The Bertz CT molecular complexity index is 620. The van der Waals surface area contributed by atoms with Gasteiger partial charge in [0.15, 0.2) is 0 Å². The summed E-state index contributed by atoms with van der Waals surface area (Å²) in [6.45, 7) is 2.24. The summed E-state index contributed by atoms with van der Waals surface area (Å²) >= 11 is 0. The number of esters is 2. The zero-order valence-electron chi connectivity index (χ0n) is 11.7. The standard InChI is InChI=1S/C17H16O4/c1-2-12-20-17(19)14-10-6-7-11-15(14)21-16(18)13-8-4-3-5-9-13/h3-11H,2,12H2,1H3. The molecule has 0 saturated carbocycles. The predicted molar refractivity (Wildman–Crippen MR) is 78.4 cm³/mol. The highest BCUT2D eigenvalue weighted by atomic mass is 16.5. The van der Waals surface area contributed by atoms with Crippen molar-refractivity contribution in [3.05, 3.63) is 65.7 Å². The van der Waals surface area contributed by atoms with Crippen molar-refractivity contribution in [3.63, 3.8) is 0 Å². The van der Waals surface area contributed by atoms with Crippen molar-refractivity contribution in [1.82, 2.24) is 0 Å². The summed E-state index contributed by atoms with van der Waals surface area (Å²) in [5.41, 5.74) is 0.671. The maximum absolute atomic E-state index is 12.0. The first-order valence-electron chi connectivity index (χ1n) is 6.75. The molecule has 0 atom stereocenters. The average molecular weight is 284 g/mol. The number of hydrogen-bond acceptors (Lipinski definition) is 4. The molecule has 0 aromatic heterocycles. The number of carbonyl (C=O) groups excluding carboxylic acids is 2. The van der Waals surface area contributed by atoms with Crippen LogP contribution < -0.4 is 4.74 Å². The summed E-state index contributed by atoms with van der Waals surface area (Å²) < 4.78 is 10.4. The molecule has 0 spiro atoms. The molecule has 0 N–H and O–H groups in total. The summed E-state index contributed by atoms with van der Waals surface area (Å²) in [6, 6.07) is 15.2. The van der Waals surface area contributed by atoms with E-state index in [4.69, 9.17) is 9.47 Å². The van der Waals surface area contributed by atoms with E-state index < -0.39 is 11.9 Å². The van der Waals surface area contributed by atoms with Gasteiger partial charge in [0, 0.05) is 0 Å². The summed E-state index contributed by atoms with van der Waals surface area (Å²) in [5.74, 6) is -0.799. The fourth-order valence-electron chi connectivity index (χ4n) is 1.73. The minimum atomic E-state index is -0.508. The van der Waals surface area contributed by atoms with Crippen LogP contribution in [0.25, 0.3) is 0 Å². The van der Waals surface area contributed by atoms with Gasteiger partial charge in [0.25, 0.3) is 0 Å². The van der Waals surface area contributed by atoms with Crippen molar-refractivity contribution >= 4 is 11.9 Å². The van der Waals surface area contributed by atoms with E-state index in [1.807, 2.05) is 13.0 Å². The molecule has 2 aromatic rings. The molecule has 0 aliphatic heterocycles. The van der Waals surface area contributed by atoms with Crippen LogP contribution in [0.15, 0.2) is 54.6 Å². The van der Waals surface area contributed by atoms with Crippen LogP contribution in [0.3, 0.4) is 0 Å². The van der Waals surface area contributed by atoms with Crippen LogP contribution in [0, 0.1) is 0 Å². The maximum Gasteiger partial charge on any atom is 0.343 e. The number of rotatable bonds is 5. The van der Waals surface area contributed by atoms with Gasteiger partial charge in [0.2, 0.25) is 0 Å². The molecule has 2 aromatic carbocycles. The van der Waals surface area contributed by atoms with Crippen LogP contribution in [-0.2, 0) is 4.74 Å². The van der Waals surface area contributed by atoms with Gasteiger partial charge in [-0.2, -0.15) is 0 Å². The molecular weight excluding hydrogens is 268 g/mol. The third-order valence-corrected chi connectivity index (χ3v) is 2.76. The number of carbonyl (C=O) groups is 2. The molecule has 108 valence electrons. The fourth-order valence-corrected chi connectivity index (χ4v) is 1.73. The minimum absolute atomic E-state index is 0.201. The summed E-state index contributed by atoms with van der Waals surface area (Å²) in [7, 11) is 0. The maximum atomic E-state index is 12.0. The Morgan fingerprint density at radius 1 is 0.905 bits per heavy atom. The normalized spacial score (nSPS) is 9.95. The number of benzene rings is 2. The first-order valence-corrected chi connectivity index (χ1v) is 6.75. The Kier molecular flexibility index (Phi) is 5.10. The van der Waals surface area contributed by atoms with Gasteiger partial charge >= 0.3 is 11.9 Å². The zero-order valence-corrected chi connectivity index (χ0v) is 11.7. The molecule has 2 rings (SSSR count). The monoisotopic (exact) mass is 284 g/mol. The lowest BCUT2D eigenvalue weighted by Gasteiger charge is -2.09. The predicted octanol–water partition coefficient (Wildman–Crippen LogP) is 3.47. The smallest absolute Gasteiger partial charge is 0.343 e. The number of para-hydroxylation sites is 1. The van der Waals surface area contributed by atoms with Crippen molar-refractivity contribution in [3.8, 4) is 5.75 Å². The van der Waals surface area contributed by atoms with Crippen molar-refractivity contribution < 1.29 is 19.1 Å². The lowest BCUT2D eigenvalue weighted by atomic mass is 10.2. The Labute approximate surface area is 123 Å². The third kappa shape index (κ3) is 3.92. The van der Waals surface area contributed by atoms with E-state index in [-0.39, 0.29) is 11.3 Å². The lowest BCUT2D eigenvalue weighted by molar-refractivity contribution is 0.0499. The molecule has 0 heterocycles. The second kappa shape index (κ2) is 7.24. The van der Waals surface area contributed by atoms with Gasteiger partial charge in [-0.15, -0.1) is 0 Å². The lowest BCUT2D eigenvalue weighted by Crippen LogP contribution is -2.13. The van der Waals surface area contributed by atoms with Crippen molar-refractivity contribution in [2.24, 2.45) is 0 Å². The highest BCUT2D eigenvalue weighted by Crippen LogP contribution is 2.20. The average Bonchev–Trinajstić information content (AvgIpc) is 2.54. The van der Waals surface area contributed by atoms with E-state index in [0.29, 0.717) is 12.2 Å². The second-order valence-electron chi connectivity index (χ2n) is 4.39. The van der Waals surface area contributed by atoms with Crippen LogP contribution >= 0.6 is 0 Å². The summed E-state index contributed by atoms with van der Waals surface area (Å²) in [4.78, 5) is 24.0. The van der Waals surface area contributed by atoms with Gasteiger partial charge in [-0.05, 0) is 30.7 Å². The minimum Gasteiger partial charge on any atom is -0.462 e.